The van der Waals surface area contributed by atoms with Gasteiger partial charge >= 0.3 is 16.4 Å². The molecular weight excluding hydrogens is 496 g/mol. The third-order valence-corrected chi connectivity index (χ3v) is 5.04. The molecule has 0 saturated carbocycles. The van der Waals surface area contributed by atoms with Gasteiger partial charge < -0.3 is 30.3 Å². The number of rotatable bonds is 22. The van der Waals surface area contributed by atoms with Crippen molar-refractivity contribution < 1.29 is 52.6 Å². The van der Waals surface area contributed by atoms with Crippen LogP contribution in [0.5, 0.6) is 0 Å². The largest absolute Gasteiger partial charge is 0.481 e. The second-order valence-corrected chi connectivity index (χ2v) is 9.65. The molecule has 7 N–H and O–H groups in total. The molecule has 36 heavy (non-hydrogen) atoms. The van der Waals surface area contributed by atoms with Gasteiger partial charge in [-0.3, -0.25) is 13.9 Å². The zero-order chi connectivity index (χ0) is 28.1. The van der Waals surface area contributed by atoms with Crippen LogP contribution >= 0.6 is 0 Å². The molecule has 2 atom stereocenters. The van der Waals surface area contributed by atoms with E-state index in [-0.39, 0.29) is 26.4 Å². The van der Waals surface area contributed by atoms with Gasteiger partial charge in [-0.2, -0.15) is 8.42 Å². The van der Waals surface area contributed by atoms with Gasteiger partial charge in [0.2, 0.25) is 0 Å². The van der Waals surface area contributed by atoms with Gasteiger partial charge in [-0.25, -0.2) is 0 Å². The zero-order valence-electron chi connectivity index (χ0n) is 22.0. The standard InChI is InChI=1S/C18H36O2.C6H14O5.H2O4S/c1-2-3-4-5-6-7-8-9-10-11-12-13-14-15-16-17-18(19)20;7-1-5(9)3-11-4-6(10)2-8;1-5(2,3)4/h2-17H2,1H3,(H,19,20);5-10H,1-4H2;(H2,1,2,3,4). The van der Waals surface area contributed by atoms with E-state index in [1.54, 1.807) is 0 Å². The van der Waals surface area contributed by atoms with Crippen LogP contribution in [0.25, 0.3) is 0 Å². The molecule has 0 aromatic carbocycles. The molecule has 2 unspecified atom stereocenters. The number of hydrogen-bond donors (Lipinski definition) is 7. The Hall–Kier alpha value is -0.860. The van der Waals surface area contributed by atoms with Gasteiger partial charge in [0.15, 0.2) is 0 Å². The molecule has 0 aromatic rings. The predicted molar refractivity (Wildman–Crippen MR) is 138 cm³/mol. The summed E-state index contributed by atoms with van der Waals surface area (Å²) < 4.78 is 36.3. The van der Waals surface area contributed by atoms with Gasteiger partial charge in [-0.15, -0.1) is 0 Å². The highest BCUT2D eigenvalue weighted by molar-refractivity contribution is 7.79. The molecule has 220 valence electrons. The van der Waals surface area contributed by atoms with Crippen molar-refractivity contribution in [3.63, 3.8) is 0 Å². The Morgan fingerprint density at radius 3 is 1.19 bits per heavy atom. The molecule has 0 aliphatic rings. The summed E-state index contributed by atoms with van der Waals surface area (Å²) in [7, 11) is -4.67. The minimum Gasteiger partial charge on any atom is -0.481 e. The molecular formula is C24H52O11S. The Bertz CT molecular complexity index is 526. The first-order valence-corrected chi connectivity index (χ1v) is 14.4. The Morgan fingerprint density at radius 1 is 0.667 bits per heavy atom. The molecule has 12 heteroatoms. The van der Waals surface area contributed by atoms with Crippen molar-refractivity contribution >= 4 is 16.4 Å². The van der Waals surface area contributed by atoms with Gasteiger partial charge in [0.1, 0.15) is 12.2 Å². The van der Waals surface area contributed by atoms with Gasteiger partial charge in [-0.05, 0) is 6.42 Å². The third-order valence-electron chi connectivity index (χ3n) is 5.04. The molecule has 0 rings (SSSR count). The SMILES string of the molecule is CCCCCCCCCCCCCCCCCC(=O)O.O=S(=O)(O)O.OCC(O)COCC(O)CO. The molecule has 0 bridgehead atoms. The van der Waals surface area contributed by atoms with Gasteiger partial charge in [0, 0.05) is 6.42 Å². The van der Waals surface area contributed by atoms with E-state index in [4.69, 9.17) is 47.8 Å². The number of carboxylic acids is 1. The topological polar surface area (TPSA) is 202 Å². The molecule has 0 amide bonds. The van der Waals surface area contributed by atoms with E-state index in [9.17, 15) is 4.79 Å². The van der Waals surface area contributed by atoms with Crippen LogP contribution in [0.3, 0.4) is 0 Å². The van der Waals surface area contributed by atoms with Gasteiger partial charge in [-0.1, -0.05) is 96.8 Å². The number of aliphatic carboxylic acids is 1. The molecule has 0 radical (unpaired) electrons. The lowest BCUT2D eigenvalue weighted by Gasteiger charge is -2.10. The van der Waals surface area contributed by atoms with Crippen LogP contribution in [0, 0.1) is 0 Å². The van der Waals surface area contributed by atoms with E-state index in [0.29, 0.717) is 6.42 Å². The number of unbranched alkanes of at least 4 members (excludes halogenated alkanes) is 14. The maximum absolute atomic E-state index is 10.3. The van der Waals surface area contributed by atoms with Crippen LogP contribution in [0.15, 0.2) is 0 Å². The minimum absolute atomic E-state index is 0.0342. The van der Waals surface area contributed by atoms with Crippen molar-refractivity contribution in [3.8, 4) is 0 Å². The maximum Gasteiger partial charge on any atom is 0.394 e. The molecule has 0 fully saturated rings. The van der Waals surface area contributed by atoms with Crippen LogP contribution in [0.1, 0.15) is 110 Å². The van der Waals surface area contributed by atoms with Crippen molar-refractivity contribution in [1.29, 1.82) is 0 Å². The minimum atomic E-state index is -4.67. The first-order chi connectivity index (χ1) is 17.0. The zero-order valence-corrected chi connectivity index (χ0v) is 22.8. The maximum atomic E-state index is 10.3. The van der Waals surface area contributed by atoms with Crippen LogP contribution in [-0.2, 0) is 19.9 Å². The van der Waals surface area contributed by atoms with Crippen LogP contribution in [-0.4, -0.2) is 87.7 Å². The number of aliphatic hydroxyl groups is 4. The first kappa shape index (κ1) is 39.6. The van der Waals surface area contributed by atoms with Crippen LogP contribution in [0.4, 0.5) is 0 Å². The van der Waals surface area contributed by atoms with Crippen molar-refractivity contribution in [2.75, 3.05) is 26.4 Å². The van der Waals surface area contributed by atoms with E-state index < -0.39 is 28.6 Å². The molecule has 11 nitrogen and oxygen atoms in total. The Balaban J connectivity index is -0.000000566. The average molecular weight is 549 g/mol. The normalized spacial score (nSPS) is 12.6. The fourth-order valence-electron chi connectivity index (χ4n) is 3.09. The quantitative estimate of drug-likeness (QED) is 0.0771. The van der Waals surface area contributed by atoms with E-state index >= 15 is 0 Å². The van der Waals surface area contributed by atoms with Crippen LogP contribution in [0.2, 0.25) is 0 Å². The summed E-state index contributed by atoms with van der Waals surface area (Å²) >= 11 is 0. The summed E-state index contributed by atoms with van der Waals surface area (Å²) in [5.41, 5.74) is 0. The van der Waals surface area contributed by atoms with Crippen molar-refractivity contribution in [3.05, 3.63) is 0 Å². The summed E-state index contributed by atoms with van der Waals surface area (Å²) in [6, 6.07) is 0. The molecule has 0 spiro atoms. The lowest BCUT2D eigenvalue weighted by molar-refractivity contribution is -0.137. The Labute approximate surface area is 217 Å². The second kappa shape index (κ2) is 30.4. The summed E-state index contributed by atoms with van der Waals surface area (Å²) in [6.45, 7) is 1.47. The summed E-state index contributed by atoms with van der Waals surface area (Å²) in [6.07, 6.45) is 18.4. The number of hydrogen-bond acceptors (Lipinski definition) is 8. The highest BCUT2D eigenvalue weighted by Gasteiger charge is 2.05. The fourth-order valence-corrected chi connectivity index (χ4v) is 3.09. The predicted octanol–water partition coefficient (Wildman–Crippen LogP) is 3.39. The summed E-state index contributed by atoms with van der Waals surface area (Å²) in [5, 5.41) is 42.6. The monoisotopic (exact) mass is 548 g/mol. The highest BCUT2D eigenvalue weighted by atomic mass is 32.3. The number of ether oxygens (including phenoxy) is 1. The highest BCUT2D eigenvalue weighted by Crippen LogP contribution is 2.13. The molecule has 0 aliphatic heterocycles. The average Bonchev–Trinajstić information content (AvgIpc) is 2.80. The van der Waals surface area contributed by atoms with E-state index in [2.05, 4.69) is 6.92 Å². The van der Waals surface area contributed by atoms with E-state index in [1.165, 1.54) is 83.5 Å². The van der Waals surface area contributed by atoms with Crippen LogP contribution < -0.4 is 0 Å². The Kier molecular flexibility index (Phi) is 33.4. The second-order valence-electron chi connectivity index (χ2n) is 8.75. The third kappa shape index (κ3) is 50.1. The lowest BCUT2D eigenvalue weighted by atomic mass is 10.0. The summed E-state index contributed by atoms with van der Waals surface area (Å²) in [5.74, 6) is -0.653. The van der Waals surface area contributed by atoms with Crippen molar-refractivity contribution in [2.24, 2.45) is 0 Å². The lowest BCUT2D eigenvalue weighted by Crippen LogP contribution is -2.25. The van der Waals surface area contributed by atoms with E-state index in [0.717, 1.165) is 12.8 Å². The van der Waals surface area contributed by atoms with Crippen molar-refractivity contribution in [1.82, 2.24) is 0 Å². The first-order valence-electron chi connectivity index (χ1n) is 13.0. The Morgan fingerprint density at radius 2 is 0.944 bits per heavy atom. The van der Waals surface area contributed by atoms with Gasteiger partial charge in [0.25, 0.3) is 0 Å². The number of carbonyl (C=O) groups is 1. The molecule has 0 heterocycles. The smallest absolute Gasteiger partial charge is 0.394 e. The number of aliphatic hydroxyl groups excluding tert-OH is 4. The van der Waals surface area contributed by atoms with E-state index in [1.807, 2.05) is 0 Å². The number of carboxylic acid groups (broad SMARTS) is 1. The summed E-state index contributed by atoms with van der Waals surface area (Å²) in [4.78, 5) is 10.3. The van der Waals surface area contributed by atoms with Gasteiger partial charge in [0.05, 0.1) is 26.4 Å². The molecule has 0 aromatic heterocycles. The molecule has 0 aliphatic carbocycles. The fraction of sp³-hybridized carbons (Fsp3) is 0.958. The molecule has 0 saturated heterocycles. The van der Waals surface area contributed by atoms with Crippen molar-refractivity contribution in [2.45, 2.75) is 122 Å².